The van der Waals surface area contributed by atoms with Crippen molar-refractivity contribution in [3.8, 4) is 0 Å². The van der Waals surface area contributed by atoms with Crippen molar-refractivity contribution in [2.24, 2.45) is 11.8 Å². The van der Waals surface area contributed by atoms with Gasteiger partial charge in [-0.15, -0.1) is 13.2 Å². The van der Waals surface area contributed by atoms with E-state index in [1.54, 1.807) is 0 Å². The number of ether oxygens (including phenoxy) is 2. The molecule has 11 heteroatoms. The molecule has 0 aromatic carbocycles. The number of nitrogens with one attached hydrogen (secondary N) is 2. The minimum atomic E-state index is -4.72. The van der Waals surface area contributed by atoms with Gasteiger partial charge in [0, 0.05) is 12.6 Å². The highest BCUT2D eigenvalue weighted by Crippen LogP contribution is 2.32. The van der Waals surface area contributed by atoms with Crippen LogP contribution in [0.2, 0.25) is 0 Å². The number of nitrogens with zero attached hydrogens (tertiary/aromatic N) is 1. The number of carbonyl (C=O) groups excluding carboxylic acids is 2. The maximum absolute atomic E-state index is 13.1. The van der Waals surface area contributed by atoms with Gasteiger partial charge in [0.05, 0.1) is 24.8 Å². The lowest BCUT2D eigenvalue weighted by atomic mass is 9.83. The van der Waals surface area contributed by atoms with Crippen LogP contribution < -0.4 is 10.6 Å². The number of hydrogen-bond acceptors (Lipinski definition) is 6. The molecule has 0 radical (unpaired) electrons. The molecular formula is C25H42F3N3O5. The number of hydrogen-bond donors (Lipinski definition) is 3. The van der Waals surface area contributed by atoms with Crippen LogP contribution in [0.1, 0.15) is 78.1 Å². The van der Waals surface area contributed by atoms with Crippen molar-refractivity contribution in [2.45, 2.75) is 115 Å². The van der Waals surface area contributed by atoms with Crippen molar-refractivity contribution in [1.29, 1.82) is 0 Å². The van der Waals surface area contributed by atoms with Gasteiger partial charge in [-0.3, -0.25) is 9.53 Å². The molecule has 3 rings (SSSR count). The molecule has 5 atom stereocenters. The lowest BCUT2D eigenvalue weighted by molar-refractivity contribution is -0.346. The predicted octanol–water partition coefficient (Wildman–Crippen LogP) is 3.72. The maximum Gasteiger partial charge on any atom is 0.522 e. The molecule has 1 aliphatic heterocycles. The molecule has 2 saturated carbocycles. The second kappa shape index (κ2) is 13.3. The summed E-state index contributed by atoms with van der Waals surface area (Å²) in [4.78, 5) is 27.0. The topological polar surface area (TPSA) is 100 Å². The molecule has 1 saturated heterocycles. The minimum Gasteiger partial charge on any atom is -0.434 e. The first-order chi connectivity index (χ1) is 17.0. The first-order valence-electron chi connectivity index (χ1n) is 13.4. The first kappa shape index (κ1) is 29.0. The molecule has 0 aromatic heterocycles. The second-order valence-electron chi connectivity index (χ2n) is 11.0. The molecule has 3 aliphatic rings. The third kappa shape index (κ3) is 9.06. The molecule has 208 valence electrons. The second-order valence-corrected chi connectivity index (χ2v) is 11.0. The van der Waals surface area contributed by atoms with Gasteiger partial charge in [-0.1, -0.05) is 46.0 Å². The first-order valence-corrected chi connectivity index (χ1v) is 13.4. The zero-order chi connectivity index (χ0) is 26.3. The number of halogens is 3. The zero-order valence-electron chi connectivity index (χ0n) is 21.4. The van der Waals surface area contributed by atoms with Gasteiger partial charge in [0.2, 0.25) is 0 Å². The van der Waals surface area contributed by atoms with Crippen molar-refractivity contribution in [3.05, 3.63) is 0 Å². The van der Waals surface area contributed by atoms with Crippen molar-refractivity contribution >= 4 is 12.0 Å². The van der Waals surface area contributed by atoms with E-state index in [1.165, 1.54) is 11.3 Å². The molecular weight excluding hydrogens is 479 g/mol. The van der Waals surface area contributed by atoms with Gasteiger partial charge < -0.3 is 25.4 Å². The monoisotopic (exact) mass is 521 g/mol. The molecule has 0 aromatic rings. The Balaban J connectivity index is 1.57. The van der Waals surface area contributed by atoms with Gasteiger partial charge in [-0.2, -0.15) is 0 Å². The van der Waals surface area contributed by atoms with E-state index in [1.807, 2.05) is 0 Å². The minimum absolute atomic E-state index is 0.0219. The molecule has 1 heterocycles. The van der Waals surface area contributed by atoms with E-state index in [-0.39, 0.29) is 19.4 Å². The van der Waals surface area contributed by atoms with Crippen molar-refractivity contribution in [2.75, 3.05) is 19.6 Å². The van der Waals surface area contributed by atoms with Crippen LogP contribution >= 0.6 is 0 Å². The summed E-state index contributed by atoms with van der Waals surface area (Å²) >= 11 is 0. The lowest BCUT2D eigenvalue weighted by Crippen LogP contribution is -2.52. The molecule has 3 N–H and O–H groups in total. The van der Waals surface area contributed by atoms with Crippen LogP contribution in [-0.2, 0) is 14.3 Å². The summed E-state index contributed by atoms with van der Waals surface area (Å²) in [6.07, 6.45) is -0.680. The van der Waals surface area contributed by atoms with Crippen molar-refractivity contribution < 1.29 is 37.3 Å². The summed E-state index contributed by atoms with van der Waals surface area (Å²) in [6, 6.07) is -0.951. The van der Waals surface area contributed by atoms with E-state index in [2.05, 4.69) is 29.2 Å². The molecule has 2 aliphatic carbocycles. The zero-order valence-corrected chi connectivity index (χ0v) is 21.4. The van der Waals surface area contributed by atoms with E-state index in [4.69, 9.17) is 4.74 Å². The molecule has 3 fully saturated rings. The summed E-state index contributed by atoms with van der Waals surface area (Å²) in [5.41, 5.74) is 0. The number of alkyl halides is 3. The smallest absolute Gasteiger partial charge is 0.434 e. The number of aliphatic hydroxyl groups excluding tert-OH is 1. The van der Waals surface area contributed by atoms with Crippen LogP contribution in [0.25, 0.3) is 0 Å². The molecule has 2 unspecified atom stereocenters. The summed E-state index contributed by atoms with van der Waals surface area (Å²) < 4.78 is 47.5. The summed E-state index contributed by atoms with van der Waals surface area (Å²) in [6.45, 7) is 5.22. The summed E-state index contributed by atoms with van der Waals surface area (Å²) in [5, 5.41) is 17.0. The Bertz CT molecular complexity index is 718. The van der Waals surface area contributed by atoms with Crippen LogP contribution in [-0.4, -0.2) is 78.4 Å². The Hall–Kier alpha value is -1.59. The van der Waals surface area contributed by atoms with Gasteiger partial charge in [-0.25, -0.2) is 4.79 Å². The van der Waals surface area contributed by atoms with Crippen LogP contribution in [0.5, 0.6) is 0 Å². The standard InChI is InChI=1S/C25H42F3N3O5/c1-16(2)13-29-14-21(32)20(11-17-7-4-3-5-8-17)30-23(33)22-15-31(24(34)35-22)18-9-6-10-19(12-18)36-25(26,27)28/h16-22,29,32H,3-15H2,1-2H3,(H,30,33)/t18?,19?,20-,21+,22-/m0/s1. The number of carbonyl (C=O) groups is 2. The van der Waals surface area contributed by atoms with Gasteiger partial charge >= 0.3 is 12.5 Å². The maximum atomic E-state index is 13.1. The number of amides is 2. The number of aliphatic hydroxyl groups is 1. The van der Waals surface area contributed by atoms with Crippen LogP contribution in [0.15, 0.2) is 0 Å². The normalized spacial score (nSPS) is 27.7. The Labute approximate surface area is 211 Å². The van der Waals surface area contributed by atoms with Crippen LogP contribution in [0.3, 0.4) is 0 Å². The highest BCUT2D eigenvalue weighted by atomic mass is 19.4. The fraction of sp³-hybridized carbons (Fsp3) is 0.920. The highest BCUT2D eigenvalue weighted by molar-refractivity contribution is 5.86. The molecule has 0 spiro atoms. The largest absolute Gasteiger partial charge is 0.522 e. The third-order valence-electron chi connectivity index (χ3n) is 7.48. The average molecular weight is 522 g/mol. The van der Waals surface area contributed by atoms with E-state index in [0.29, 0.717) is 37.6 Å². The van der Waals surface area contributed by atoms with E-state index in [0.717, 1.165) is 32.2 Å². The third-order valence-corrected chi connectivity index (χ3v) is 7.48. The SMILES string of the molecule is CC(C)CNC[C@@H](O)[C@H](CC1CCCCC1)NC(=O)[C@@H]1CN(C2CCCC(OC(F)(F)F)C2)C(=O)O1. The average Bonchev–Trinajstić information content (AvgIpc) is 3.20. The van der Waals surface area contributed by atoms with Gasteiger partial charge in [-0.05, 0) is 50.5 Å². The van der Waals surface area contributed by atoms with Gasteiger partial charge in [0.15, 0.2) is 6.10 Å². The number of rotatable bonds is 11. The fourth-order valence-electron chi connectivity index (χ4n) is 5.65. The van der Waals surface area contributed by atoms with E-state index >= 15 is 0 Å². The quantitative estimate of drug-likeness (QED) is 0.383. The van der Waals surface area contributed by atoms with Crippen molar-refractivity contribution in [1.82, 2.24) is 15.5 Å². The molecule has 2 amide bonds. The predicted molar refractivity (Wildman–Crippen MR) is 127 cm³/mol. The number of cyclic esters (lactones) is 1. The molecule has 8 nitrogen and oxygen atoms in total. The molecule has 36 heavy (non-hydrogen) atoms. The Morgan fingerprint density at radius 3 is 2.53 bits per heavy atom. The van der Waals surface area contributed by atoms with Gasteiger partial charge in [0.1, 0.15) is 0 Å². The van der Waals surface area contributed by atoms with Crippen LogP contribution in [0.4, 0.5) is 18.0 Å². The summed E-state index contributed by atoms with van der Waals surface area (Å²) in [7, 11) is 0. The van der Waals surface area contributed by atoms with E-state index < -0.39 is 48.8 Å². The Morgan fingerprint density at radius 2 is 1.86 bits per heavy atom. The van der Waals surface area contributed by atoms with Gasteiger partial charge in [0.25, 0.3) is 5.91 Å². The molecule has 0 bridgehead atoms. The highest BCUT2D eigenvalue weighted by Gasteiger charge is 2.44. The summed E-state index contributed by atoms with van der Waals surface area (Å²) in [5.74, 6) is 0.362. The lowest BCUT2D eigenvalue weighted by Gasteiger charge is -2.34. The van der Waals surface area contributed by atoms with E-state index in [9.17, 15) is 27.9 Å². The fourth-order valence-corrected chi connectivity index (χ4v) is 5.65. The Morgan fingerprint density at radius 1 is 1.14 bits per heavy atom. The Kier molecular flexibility index (Phi) is 10.7. The van der Waals surface area contributed by atoms with Crippen molar-refractivity contribution in [3.63, 3.8) is 0 Å². The van der Waals surface area contributed by atoms with Crippen LogP contribution in [0, 0.1) is 11.8 Å².